The number of nitrogens with two attached hydrogens (primary N) is 1. The molecular formula is C20H26N4O. The van der Waals surface area contributed by atoms with E-state index in [0.717, 1.165) is 52.6 Å². The van der Waals surface area contributed by atoms with E-state index in [2.05, 4.69) is 35.9 Å². The van der Waals surface area contributed by atoms with E-state index in [4.69, 9.17) is 10.7 Å². The number of primary amides is 1. The van der Waals surface area contributed by atoms with Gasteiger partial charge in [-0.1, -0.05) is 32.0 Å². The van der Waals surface area contributed by atoms with Crippen molar-refractivity contribution < 1.29 is 4.79 Å². The number of anilines is 1. The van der Waals surface area contributed by atoms with Crippen molar-refractivity contribution in [1.29, 1.82) is 0 Å². The van der Waals surface area contributed by atoms with Gasteiger partial charge >= 0.3 is 0 Å². The molecule has 1 aromatic carbocycles. The molecule has 0 fully saturated rings. The summed E-state index contributed by atoms with van der Waals surface area (Å²) in [6.45, 7) is 7.65. The molecule has 1 amide bonds. The van der Waals surface area contributed by atoms with E-state index in [1.54, 1.807) is 0 Å². The molecule has 0 saturated heterocycles. The van der Waals surface area contributed by atoms with Crippen LogP contribution in [0.3, 0.4) is 0 Å². The fourth-order valence-electron chi connectivity index (χ4n) is 3.44. The number of H-pyrrole nitrogens is 1. The number of nitrogens with zero attached hydrogens (tertiary/aromatic N) is 2. The summed E-state index contributed by atoms with van der Waals surface area (Å²) < 4.78 is 0. The Morgan fingerprint density at radius 2 is 2.08 bits per heavy atom. The van der Waals surface area contributed by atoms with Crippen LogP contribution in [0.5, 0.6) is 0 Å². The Morgan fingerprint density at radius 3 is 2.76 bits per heavy atom. The highest BCUT2D eigenvalue weighted by Gasteiger charge is 2.22. The first-order chi connectivity index (χ1) is 12.1. The Hall–Kier alpha value is -2.56. The van der Waals surface area contributed by atoms with Crippen LogP contribution in [0.4, 0.5) is 5.82 Å². The van der Waals surface area contributed by atoms with Gasteiger partial charge in [0.25, 0.3) is 0 Å². The zero-order valence-corrected chi connectivity index (χ0v) is 15.2. The standard InChI is InChI=1S/C20H26N4O/c1-4-10-24(12-14(5-2)19(21)25)20-17-15-8-6-7-9-16(15)23-18(17)13(3)11-22-20/h6-9,11,14,23H,4-5,10,12H2,1-3H3,(H2,21,25)/t14-/m1/s1. The van der Waals surface area contributed by atoms with Gasteiger partial charge in [0.1, 0.15) is 5.82 Å². The molecule has 0 aliphatic rings. The molecule has 5 heteroatoms. The molecule has 0 radical (unpaired) electrons. The predicted molar refractivity (Wildman–Crippen MR) is 104 cm³/mol. The van der Waals surface area contributed by atoms with E-state index in [1.165, 1.54) is 0 Å². The SMILES string of the molecule is CCCN(C[C@@H](CC)C(N)=O)c1ncc(C)c2[nH]c3ccccc3c12. The second-order valence-corrected chi connectivity index (χ2v) is 6.64. The lowest BCUT2D eigenvalue weighted by Crippen LogP contribution is -2.37. The van der Waals surface area contributed by atoms with E-state index >= 15 is 0 Å². The highest BCUT2D eigenvalue weighted by atomic mass is 16.1. The van der Waals surface area contributed by atoms with Gasteiger partial charge in [0, 0.05) is 30.2 Å². The number of hydrogen-bond donors (Lipinski definition) is 2. The second-order valence-electron chi connectivity index (χ2n) is 6.64. The van der Waals surface area contributed by atoms with Crippen LogP contribution >= 0.6 is 0 Å². The molecule has 25 heavy (non-hydrogen) atoms. The summed E-state index contributed by atoms with van der Waals surface area (Å²) in [4.78, 5) is 22.2. The summed E-state index contributed by atoms with van der Waals surface area (Å²) in [5.74, 6) is 0.514. The molecule has 3 aromatic rings. The van der Waals surface area contributed by atoms with Gasteiger partial charge < -0.3 is 15.6 Å². The largest absolute Gasteiger partial charge is 0.369 e. The number of carbonyl (C=O) groups is 1. The Balaban J connectivity index is 2.17. The van der Waals surface area contributed by atoms with E-state index in [-0.39, 0.29) is 11.8 Å². The first-order valence-corrected chi connectivity index (χ1v) is 8.97. The highest BCUT2D eigenvalue weighted by Crippen LogP contribution is 2.34. The highest BCUT2D eigenvalue weighted by molar-refractivity contribution is 6.13. The van der Waals surface area contributed by atoms with Gasteiger partial charge in [-0.2, -0.15) is 0 Å². The number of para-hydroxylation sites is 1. The van der Waals surface area contributed by atoms with Gasteiger partial charge in [-0.05, 0) is 31.4 Å². The van der Waals surface area contributed by atoms with Gasteiger partial charge in [0.15, 0.2) is 0 Å². The van der Waals surface area contributed by atoms with Crippen LogP contribution in [-0.4, -0.2) is 29.0 Å². The van der Waals surface area contributed by atoms with Gasteiger partial charge in [-0.25, -0.2) is 4.98 Å². The number of fused-ring (bicyclic) bond motifs is 3. The zero-order valence-electron chi connectivity index (χ0n) is 15.2. The summed E-state index contributed by atoms with van der Waals surface area (Å²) in [6.07, 6.45) is 3.62. The van der Waals surface area contributed by atoms with Crippen LogP contribution in [0.25, 0.3) is 21.8 Å². The number of rotatable bonds is 7. The third kappa shape index (κ3) is 3.18. The van der Waals surface area contributed by atoms with Crippen molar-refractivity contribution in [2.45, 2.75) is 33.6 Å². The number of aromatic nitrogens is 2. The summed E-state index contributed by atoms with van der Waals surface area (Å²) in [6, 6.07) is 8.28. The van der Waals surface area contributed by atoms with Crippen LogP contribution in [-0.2, 0) is 4.79 Å². The molecule has 5 nitrogen and oxygen atoms in total. The molecule has 0 saturated carbocycles. The Labute approximate surface area is 148 Å². The van der Waals surface area contributed by atoms with E-state index in [0.29, 0.717) is 6.54 Å². The van der Waals surface area contributed by atoms with E-state index in [1.807, 2.05) is 25.3 Å². The molecule has 3 rings (SSSR count). The summed E-state index contributed by atoms with van der Waals surface area (Å²) in [5, 5.41) is 2.29. The molecular weight excluding hydrogens is 312 g/mol. The third-order valence-corrected chi connectivity index (χ3v) is 4.83. The number of nitrogens with one attached hydrogen (secondary N) is 1. The summed E-state index contributed by atoms with van der Waals surface area (Å²) in [5.41, 5.74) is 8.92. The van der Waals surface area contributed by atoms with Gasteiger partial charge in [0.2, 0.25) is 5.91 Å². The molecule has 3 N–H and O–H groups in total. The summed E-state index contributed by atoms with van der Waals surface area (Å²) >= 11 is 0. The van der Waals surface area contributed by atoms with Gasteiger partial charge in [-0.15, -0.1) is 0 Å². The average molecular weight is 338 g/mol. The predicted octanol–water partition coefficient (Wildman–Crippen LogP) is 3.75. The number of carbonyl (C=O) groups excluding carboxylic acids is 1. The minimum absolute atomic E-state index is 0.171. The molecule has 0 spiro atoms. The topological polar surface area (TPSA) is 75.0 Å². The molecule has 0 bridgehead atoms. The van der Waals surface area contributed by atoms with Crippen molar-refractivity contribution in [3.05, 3.63) is 36.0 Å². The number of aryl methyl sites for hydroxylation is 1. The van der Waals surface area contributed by atoms with Crippen LogP contribution < -0.4 is 10.6 Å². The van der Waals surface area contributed by atoms with Crippen LogP contribution in [0, 0.1) is 12.8 Å². The smallest absolute Gasteiger partial charge is 0.222 e. The third-order valence-electron chi connectivity index (χ3n) is 4.83. The molecule has 0 unspecified atom stereocenters. The van der Waals surface area contributed by atoms with Crippen molar-refractivity contribution >= 4 is 33.5 Å². The molecule has 1 atom stereocenters. The minimum Gasteiger partial charge on any atom is -0.369 e. The van der Waals surface area contributed by atoms with Crippen molar-refractivity contribution in [2.75, 3.05) is 18.0 Å². The Morgan fingerprint density at radius 1 is 1.32 bits per heavy atom. The maximum Gasteiger partial charge on any atom is 0.222 e. The lowest BCUT2D eigenvalue weighted by atomic mass is 10.0. The first kappa shape index (κ1) is 17.3. The monoisotopic (exact) mass is 338 g/mol. The molecule has 2 heterocycles. The van der Waals surface area contributed by atoms with Crippen LogP contribution in [0.15, 0.2) is 30.5 Å². The Kier molecular flexibility index (Phi) is 4.93. The van der Waals surface area contributed by atoms with Crippen molar-refractivity contribution in [3.63, 3.8) is 0 Å². The number of amides is 1. The summed E-state index contributed by atoms with van der Waals surface area (Å²) in [7, 11) is 0. The van der Waals surface area contributed by atoms with E-state index in [9.17, 15) is 4.79 Å². The molecule has 2 aromatic heterocycles. The number of hydrogen-bond acceptors (Lipinski definition) is 3. The van der Waals surface area contributed by atoms with E-state index < -0.39 is 0 Å². The average Bonchev–Trinajstić information content (AvgIpc) is 2.99. The lowest BCUT2D eigenvalue weighted by Gasteiger charge is -2.27. The molecule has 132 valence electrons. The number of aromatic amines is 1. The van der Waals surface area contributed by atoms with Crippen LogP contribution in [0.2, 0.25) is 0 Å². The zero-order chi connectivity index (χ0) is 18.0. The number of pyridine rings is 1. The quantitative estimate of drug-likeness (QED) is 0.689. The van der Waals surface area contributed by atoms with Gasteiger partial charge in [0.05, 0.1) is 16.8 Å². The first-order valence-electron chi connectivity index (χ1n) is 8.97. The lowest BCUT2D eigenvalue weighted by molar-refractivity contribution is -0.121. The normalized spacial score (nSPS) is 12.6. The van der Waals surface area contributed by atoms with Crippen molar-refractivity contribution in [3.8, 4) is 0 Å². The van der Waals surface area contributed by atoms with Gasteiger partial charge in [-0.3, -0.25) is 4.79 Å². The number of benzene rings is 1. The fraction of sp³-hybridized carbons (Fsp3) is 0.400. The molecule has 0 aliphatic heterocycles. The minimum atomic E-state index is -0.245. The van der Waals surface area contributed by atoms with Crippen LogP contribution in [0.1, 0.15) is 32.3 Å². The second kappa shape index (κ2) is 7.13. The molecule has 0 aliphatic carbocycles. The fourth-order valence-corrected chi connectivity index (χ4v) is 3.44. The maximum absolute atomic E-state index is 11.8. The van der Waals surface area contributed by atoms with Crippen molar-refractivity contribution in [1.82, 2.24) is 9.97 Å². The Bertz CT molecular complexity index is 899. The maximum atomic E-state index is 11.8. The van der Waals surface area contributed by atoms with Crippen molar-refractivity contribution in [2.24, 2.45) is 11.7 Å².